The Kier molecular flexibility index (Phi) is 4.32. The van der Waals surface area contributed by atoms with Crippen LogP contribution in [0.4, 0.5) is 0 Å². The fourth-order valence-corrected chi connectivity index (χ4v) is 2.19. The Morgan fingerprint density at radius 1 is 1.32 bits per heavy atom. The number of aromatic nitrogens is 2. The van der Waals surface area contributed by atoms with Gasteiger partial charge in [-0.25, -0.2) is 0 Å². The second-order valence-corrected chi connectivity index (χ2v) is 4.89. The Balaban J connectivity index is 2.45. The SMILES string of the molecule is CC(C)N(CCCl)C(=O)c1cccc2nccnc12. The van der Waals surface area contributed by atoms with Crippen LogP contribution in [-0.4, -0.2) is 39.2 Å². The molecule has 0 radical (unpaired) electrons. The first kappa shape index (κ1) is 13.7. The summed E-state index contributed by atoms with van der Waals surface area (Å²) in [6, 6.07) is 5.55. The summed E-state index contributed by atoms with van der Waals surface area (Å²) in [4.78, 5) is 22.8. The molecular weight excluding hydrogens is 262 g/mol. The largest absolute Gasteiger partial charge is 0.335 e. The first-order valence-corrected chi connectivity index (χ1v) is 6.75. The smallest absolute Gasteiger partial charge is 0.256 e. The number of halogens is 1. The molecule has 4 nitrogen and oxygen atoms in total. The fraction of sp³-hybridized carbons (Fsp3) is 0.357. The van der Waals surface area contributed by atoms with Gasteiger partial charge in [0, 0.05) is 30.9 Å². The van der Waals surface area contributed by atoms with Crippen molar-refractivity contribution in [3.63, 3.8) is 0 Å². The lowest BCUT2D eigenvalue weighted by Crippen LogP contribution is -2.38. The number of hydrogen-bond donors (Lipinski definition) is 0. The molecule has 0 unspecified atom stereocenters. The molecule has 1 aromatic heterocycles. The zero-order chi connectivity index (χ0) is 13.8. The van der Waals surface area contributed by atoms with Crippen molar-refractivity contribution in [1.29, 1.82) is 0 Å². The van der Waals surface area contributed by atoms with Crippen LogP contribution in [0.3, 0.4) is 0 Å². The molecule has 0 atom stereocenters. The van der Waals surface area contributed by atoms with Crippen molar-refractivity contribution in [3.8, 4) is 0 Å². The molecule has 2 rings (SSSR count). The number of nitrogens with zero attached hydrogens (tertiary/aromatic N) is 3. The molecule has 0 fully saturated rings. The Morgan fingerprint density at radius 3 is 2.74 bits per heavy atom. The number of carbonyl (C=O) groups excluding carboxylic acids is 1. The minimum Gasteiger partial charge on any atom is -0.335 e. The van der Waals surface area contributed by atoms with Crippen molar-refractivity contribution in [2.75, 3.05) is 12.4 Å². The van der Waals surface area contributed by atoms with Gasteiger partial charge in [-0.3, -0.25) is 14.8 Å². The van der Waals surface area contributed by atoms with E-state index in [9.17, 15) is 4.79 Å². The van der Waals surface area contributed by atoms with Crippen LogP contribution in [0.5, 0.6) is 0 Å². The van der Waals surface area contributed by atoms with Gasteiger partial charge in [-0.05, 0) is 26.0 Å². The van der Waals surface area contributed by atoms with Crippen LogP contribution >= 0.6 is 11.6 Å². The van der Waals surface area contributed by atoms with Crippen molar-refractivity contribution in [3.05, 3.63) is 36.2 Å². The second-order valence-electron chi connectivity index (χ2n) is 4.51. The zero-order valence-electron chi connectivity index (χ0n) is 11.0. The third-order valence-electron chi connectivity index (χ3n) is 2.94. The Bertz CT molecular complexity index is 580. The predicted octanol–water partition coefficient (Wildman–Crippen LogP) is 2.72. The molecule has 19 heavy (non-hydrogen) atoms. The molecule has 100 valence electrons. The minimum absolute atomic E-state index is 0.0539. The van der Waals surface area contributed by atoms with E-state index in [0.717, 1.165) is 5.52 Å². The van der Waals surface area contributed by atoms with Crippen LogP contribution in [-0.2, 0) is 0 Å². The van der Waals surface area contributed by atoms with Gasteiger partial charge >= 0.3 is 0 Å². The molecule has 0 aliphatic rings. The number of fused-ring (bicyclic) bond motifs is 1. The average molecular weight is 278 g/mol. The predicted molar refractivity (Wildman–Crippen MR) is 76.4 cm³/mol. The second kappa shape index (κ2) is 5.97. The highest BCUT2D eigenvalue weighted by molar-refractivity contribution is 6.18. The van der Waals surface area contributed by atoms with Gasteiger partial charge in [0.2, 0.25) is 0 Å². The maximum atomic E-state index is 12.6. The minimum atomic E-state index is -0.0539. The topological polar surface area (TPSA) is 46.1 Å². The zero-order valence-corrected chi connectivity index (χ0v) is 11.8. The van der Waals surface area contributed by atoms with E-state index in [1.54, 1.807) is 23.4 Å². The summed E-state index contributed by atoms with van der Waals surface area (Å²) in [5.41, 5.74) is 1.93. The standard InChI is InChI=1S/C14H16ClN3O/c1-10(2)18(9-6-15)14(19)11-4-3-5-12-13(11)17-8-7-16-12/h3-5,7-8,10H,6,9H2,1-2H3. The Labute approximate surface area is 117 Å². The summed E-state index contributed by atoms with van der Waals surface area (Å²) in [6.07, 6.45) is 3.22. The van der Waals surface area contributed by atoms with Crippen molar-refractivity contribution in [2.24, 2.45) is 0 Å². The number of para-hydroxylation sites is 1. The molecule has 0 saturated carbocycles. The molecular formula is C14H16ClN3O. The van der Waals surface area contributed by atoms with Gasteiger partial charge in [-0.2, -0.15) is 0 Å². The van der Waals surface area contributed by atoms with Gasteiger partial charge in [-0.15, -0.1) is 11.6 Å². The maximum absolute atomic E-state index is 12.6. The summed E-state index contributed by atoms with van der Waals surface area (Å²) in [6.45, 7) is 4.47. The van der Waals surface area contributed by atoms with Crippen LogP contribution in [0.1, 0.15) is 24.2 Å². The highest BCUT2D eigenvalue weighted by atomic mass is 35.5. The highest BCUT2D eigenvalue weighted by Crippen LogP contribution is 2.17. The van der Waals surface area contributed by atoms with E-state index in [4.69, 9.17) is 11.6 Å². The van der Waals surface area contributed by atoms with Crippen molar-refractivity contribution in [1.82, 2.24) is 14.9 Å². The lowest BCUT2D eigenvalue weighted by Gasteiger charge is -2.26. The molecule has 0 saturated heterocycles. The number of benzene rings is 1. The summed E-state index contributed by atoms with van der Waals surface area (Å²) in [5, 5.41) is 0. The van der Waals surface area contributed by atoms with Crippen LogP contribution < -0.4 is 0 Å². The number of rotatable bonds is 4. The Hall–Kier alpha value is -1.68. The van der Waals surface area contributed by atoms with Gasteiger partial charge in [0.15, 0.2) is 0 Å². The number of carbonyl (C=O) groups is 1. The number of alkyl halides is 1. The van der Waals surface area contributed by atoms with E-state index in [1.807, 2.05) is 26.0 Å². The van der Waals surface area contributed by atoms with Gasteiger partial charge < -0.3 is 4.90 Å². The third-order valence-corrected chi connectivity index (χ3v) is 3.11. The van der Waals surface area contributed by atoms with Gasteiger partial charge in [0.05, 0.1) is 11.1 Å². The molecule has 0 spiro atoms. The summed E-state index contributed by atoms with van der Waals surface area (Å²) >= 11 is 5.77. The van der Waals surface area contributed by atoms with E-state index in [0.29, 0.717) is 23.5 Å². The summed E-state index contributed by atoms with van der Waals surface area (Å²) < 4.78 is 0. The lowest BCUT2D eigenvalue weighted by molar-refractivity contribution is 0.0720. The monoisotopic (exact) mass is 277 g/mol. The molecule has 5 heteroatoms. The van der Waals surface area contributed by atoms with Crippen LogP contribution in [0.2, 0.25) is 0 Å². The van der Waals surface area contributed by atoms with Crippen molar-refractivity contribution >= 4 is 28.5 Å². The van der Waals surface area contributed by atoms with Gasteiger partial charge in [0.25, 0.3) is 5.91 Å². The van der Waals surface area contributed by atoms with Crippen molar-refractivity contribution < 1.29 is 4.79 Å². The first-order valence-electron chi connectivity index (χ1n) is 6.22. The lowest BCUT2D eigenvalue weighted by atomic mass is 10.1. The molecule has 1 aromatic carbocycles. The molecule has 0 aliphatic carbocycles. The fourth-order valence-electron chi connectivity index (χ4n) is 2.01. The Morgan fingerprint density at radius 2 is 2.05 bits per heavy atom. The van der Waals surface area contributed by atoms with E-state index in [1.165, 1.54) is 0 Å². The average Bonchev–Trinajstić information content (AvgIpc) is 2.43. The van der Waals surface area contributed by atoms with Gasteiger partial charge in [0.1, 0.15) is 5.52 Å². The number of hydrogen-bond acceptors (Lipinski definition) is 3. The van der Waals surface area contributed by atoms with E-state index >= 15 is 0 Å². The maximum Gasteiger partial charge on any atom is 0.256 e. The van der Waals surface area contributed by atoms with Gasteiger partial charge in [-0.1, -0.05) is 6.07 Å². The number of amides is 1. The van der Waals surface area contributed by atoms with Crippen LogP contribution in [0.15, 0.2) is 30.6 Å². The van der Waals surface area contributed by atoms with Crippen molar-refractivity contribution in [2.45, 2.75) is 19.9 Å². The molecule has 0 aliphatic heterocycles. The molecule has 2 aromatic rings. The van der Waals surface area contributed by atoms with Crippen LogP contribution in [0.25, 0.3) is 11.0 Å². The summed E-state index contributed by atoms with van der Waals surface area (Å²) in [5.74, 6) is 0.363. The van der Waals surface area contributed by atoms with E-state index < -0.39 is 0 Å². The molecule has 1 amide bonds. The van der Waals surface area contributed by atoms with E-state index in [2.05, 4.69) is 9.97 Å². The first-order chi connectivity index (χ1) is 9.15. The normalized spacial score (nSPS) is 10.9. The molecule has 0 N–H and O–H groups in total. The highest BCUT2D eigenvalue weighted by Gasteiger charge is 2.20. The quantitative estimate of drug-likeness (QED) is 0.807. The molecule has 1 heterocycles. The molecule has 0 bridgehead atoms. The summed E-state index contributed by atoms with van der Waals surface area (Å²) in [7, 11) is 0. The third kappa shape index (κ3) is 2.84. The van der Waals surface area contributed by atoms with E-state index in [-0.39, 0.29) is 11.9 Å². The van der Waals surface area contributed by atoms with Crippen LogP contribution in [0, 0.1) is 0 Å².